The van der Waals surface area contributed by atoms with Gasteiger partial charge in [0.15, 0.2) is 11.7 Å². The largest absolute Gasteiger partial charge is 0.345 e. The van der Waals surface area contributed by atoms with Gasteiger partial charge in [0, 0.05) is 0 Å². The van der Waals surface area contributed by atoms with E-state index in [2.05, 4.69) is 24.5 Å². The molecule has 0 saturated heterocycles. The van der Waals surface area contributed by atoms with Crippen LogP contribution in [0.1, 0.15) is 200 Å². The number of carbonyl (C=O) groups excluding carboxylic acids is 2. The first-order valence-corrected chi connectivity index (χ1v) is 19.3. The third kappa shape index (κ3) is 25.1. The van der Waals surface area contributed by atoms with Crippen molar-refractivity contribution in [3.63, 3.8) is 0 Å². The molecule has 262 valence electrons. The van der Waals surface area contributed by atoms with Crippen molar-refractivity contribution in [2.24, 2.45) is 0 Å². The van der Waals surface area contributed by atoms with Gasteiger partial charge in [0.05, 0.1) is 12.1 Å². The molecule has 0 aromatic rings. The van der Waals surface area contributed by atoms with Crippen LogP contribution in [0.2, 0.25) is 0 Å². The van der Waals surface area contributed by atoms with Gasteiger partial charge in [-0.15, -0.1) is 0 Å². The normalized spacial score (nSPS) is 16.6. The van der Waals surface area contributed by atoms with Gasteiger partial charge in [0.25, 0.3) is 11.8 Å². The fourth-order valence-corrected chi connectivity index (χ4v) is 5.96. The number of hydrogen-bond donors (Lipinski definition) is 2. The van der Waals surface area contributed by atoms with E-state index in [9.17, 15) is 18.4 Å². The van der Waals surface area contributed by atoms with Crippen LogP contribution < -0.4 is 10.6 Å². The van der Waals surface area contributed by atoms with E-state index in [0.29, 0.717) is 19.3 Å². The first kappa shape index (κ1) is 41.3. The molecule has 0 aromatic heterocycles. The standard InChI is InChI=1S/C39H70F2N2O2/c1-3-5-7-9-11-13-15-17-19-21-23-25-27-29-31-34(40)38(44)42-36-33-37(36)43-39(45)35(41)32-30-28-26-24-22-20-18-16-14-12-10-8-6-4-2/h31-32,36-37H,3-30,33H2,1-2H3,(H,42,44)(H,43,45). The molecule has 0 radical (unpaired) electrons. The van der Waals surface area contributed by atoms with Crippen molar-refractivity contribution in [3.05, 3.63) is 23.8 Å². The molecule has 6 heteroatoms. The Morgan fingerprint density at radius 3 is 0.978 bits per heavy atom. The summed E-state index contributed by atoms with van der Waals surface area (Å²) in [6.45, 7) is 4.50. The highest BCUT2D eigenvalue weighted by atomic mass is 19.1. The van der Waals surface area contributed by atoms with E-state index >= 15 is 0 Å². The van der Waals surface area contributed by atoms with Crippen molar-refractivity contribution in [1.82, 2.24) is 10.6 Å². The van der Waals surface area contributed by atoms with Crippen LogP contribution in [0, 0.1) is 0 Å². The van der Waals surface area contributed by atoms with Gasteiger partial charge < -0.3 is 10.6 Å². The van der Waals surface area contributed by atoms with Gasteiger partial charge in [-0.3, -0.25) is 9.59 Å². The van der Waals surface area contributed by atoms with Crippen molar-refractivity contribution < 1.29 is 18.4 Å². The van der Waals surface area contributed by atoms with E-state index in [4.69, 9.17) is 0 Å². The number of carbonyl (C=O) groups is 2. The second-order valence-electron chi connectivity index (χ2n) is 13.6. The molecule has 2 unspecified atom stereocenters. The van der Waals surface area contributed by atoms with Crippen molar-refractivity contribution in [2.75, 3.05) is 0 Å². The number of rotatable bonds is 32. The third-order valence-electron chi connectivity index (χ3n) is 9.12. The van der Waals surface area contributed by atoms with Crippen LogP contribution in [0.15, 0.2) is 23.8 Å². The first-order valence-electron chi connectivity index (χ1n) is 19.3. The van der Waals surface area contributed by atoms with Crippen molar-refractivity contribution in [3.8, 4) is 0 Å². The lowest BCUT2D eigenvalue weighted by Gasteiger charge is -2.05. The molecule has 45 heavy (non-hydrogen) atoms. The number of allylic oxidation sites excluding steroid dienone is 2. The Morgan fingerprint density at radius 1 is 0.467 bits per heavy atom. The summed E-state index contributed by atoms with van der Waals surface area (Å²) in [4.78, 5) is 24.3. The summed E-state index contributed by atoms with van der Waals surface area (Å²) in [6.07, 6.45) is 37.1. The Morgan fingerprint density at radius 2 is 0.711 bits per heavy atom. The molecule has 2 N–H and O–H groups in total. The minimum absolute atomic E-state index is 0.342. The van der Waals surface area contributed by atoms with Crippen LogP contribution in [-0.2, 0) is 9.59 Å². The van der Waals surface area contributed by atoms with Crippen LogP contribution in [0.25, 0.3) is 0 Å². The fraction of sp³-hybridized carbons (Fsp3) is 0.846. The zero-order valence-corrected chi connectivity index (χ0v) is 29.4. The van der Waals surface area contributed by atoms with Crippen LogP contribution in [-0.4, -0.2) is 23.9 Å². The summed E-state index contributed by atoms with van der Waals surface area (Å²) in [5, 5.41) is 5.21. The number of nitrogens with one attached hydrogen (secondary N) is 2. The Kier molecular flexibility index (Phi) is 27.2. The number of hydrogen-bond acceptors (Lipinski definition) is 2. The lowest BCUT2D eigenvalue weighted by atomic mass is 10.0. The summed E-state index contributed by atoms with van der Waals surface area (Å²) in [7, 11) is 0. The van der Waals surface area contributed by atoms with Crippen LogP contribution in [0.5, 0.6) is 0 Å². The SMILES string of the molecule is CCCCCCCCCCCCCCCC=C(F)C(=O)NC1CC1NC(=O)C(F)=CCCCCCCCCCCCCCCC. The highest BCUT2D eigenvalue weighted by Gasteiger charge is 2.40. The van der Waals surface area contributed by atoms with Crippen molar-refractivity contribution in [1.29, 1.82) is 0 Å². The summed E-state index contributed by atoms with van der Waals surface area (Å²) >= 11 is 0. The monoisotopic (exact) mass is 637 g/mol. The van der Waals surface area contributed by atoms with E-state index < -0.39 is 23.5 Å². The third-order valence-corrected chi connectivity index (χ3v) is 9.12. The Balaban J connectivity index is 1.98. The van der Waals surface area contributed by atoms with Gasteiger partial charge in [0.1, 0.15) is 0 Å². The van der Waals surface area contributed by atoms with E-state index in [1.165, 1.54) is 141 Å². The maximum Gasteiger partial charge on any atom is 0.279 e. The van der Waals surface area contributed by atoms with Crippen molar-refractivity contribution >= 4 is 11.8 Å². The Hall–Kier alpha value is -1.72. The second kappa shape index (κ2) is 29.7. The van der Waals surface area contributed by atoms with Gasteiger partial charge in [-0.05, 0) is 44.3 Å². The summed E-state index contributed by atoms with van der Waals surface area (Å²) in [5.74, 6) is -3.03. The zero-order valence-electron chi connectivity index (χ0n) is 29.4. The maximum atomic E-state index is 14.2. The predicted molar refractivity (Wildman–Crippen MR) is 187 cm³/mol. The molecule has 0 heterocycles. The fourth-order valence-electron chi connectivity index (χ4n) is 5.96. The molecule has 1 saturated carbocycles. The van der Waals surface area contributed by atoms with Gasteiger partial charge in [0.2, 0.25) is 0 Å². The predicted octanol–water partition coefficient (Wildman–Crippen LogP) is 12.0. The average Bonchev–Trinajstić information content (AvgIpc) is 3.77. The van der Waals surface area contributed by atoms with Crippen LogP contribution >= 0.6 is 0 Å². The van der Waals surface area contributed by atoms with Crippen molar-refractivity contribution in [2.45, 2.75) is 212 Å². The molecule has 1 aliphatic rings. The molecular formula is C39H70F2N2O2. The van der Waals surface area contributed by atoms with Gasteiger partial charge in [-0.1, -0.05) is 168 Å². The van der Waals surface area contributed by atoms with Gasteiger partial charge >= 0.3 is 0 Å². The molecule has 1 fully saturated rings. The van der Waals surface area contributed by atoms with E-state index in [-0.39, 0.29) is 12.1 Å². The second-order valence-corrected chi connectivity index (χ2v) is 13.6. The quantitative estimate of drug-likeness (QED) is 0.0570. The highest BCUT2D eigenvalue weighted by molar-refractivity contribution is 5.93. The molecule has 1 aliphatic carbocycles. The molecule has 0 aromatic carbocycles. The van der Waals surface area contributed by atoms with E-state index in [1.807, 2.05) is 0 Å². The molecular weight excluding hydrogens is 566 g/mol. The lowest BCUT2D eigenvalue weighted by Crippen LogP contribution is -2.35. The minimum atomic E-state index is -0.769. The lowest BCUT2D eigenvalue weighted by molar-refractivity contribution is -0.120. The van der Waals surface area contributed by atoms with E-state index in [0.717, 1.165) is 38.5 Å². The minimum Gasteiger partial charge on any atom is -0.345 e. The smallest absolute Gasteiger partial charge is 0.279 e. The zero-order chi connectivity index (χ0) is 32.8. The van der Waals surface area contributed by atoms with E-state index in [1.54, 1.807) is 0 Å². The average molecular weight is 637 g/mol. The van der Waals surface area contributed by atoms with Gasteiger partial charge in [-0.2, -0.15) is 0 Å². The highest BCUT2D eigenvalue weighted by Crippen LogP contribution is 2.23. The first-order chi connectivity index (χ1) is 22.0. The number of halogens is 2. The van der Waals surface area contributed by atoms with Crippen LogP contribution in [0.4, 0.5) is 8.78 Å². The molecule has 0 aliphatic heterocycles. The molecule has 4 nitrogen and oxygen atoms in total. The maximum absolute atomic E-state index is 14.2. The summed E-state index contributed by atoms with van der Waals surface area (Å²) < 4.78 is 28.4. The summed E-state index contributed by atoms with van der Waals surface area (Å²) in [6, 6.07) is -0.684. The van der Waals surface area contributed by atoms with Gasteiger partial charge in [-0.25, -0.2) is 8.78 Å². The number of unbranched alkanes of at least 4 members (excludes halogenated alkanes) is 26. The number of amides is 2. The Bertz CT molecular complexity index is 734. The molecule has 2 amide bonds. The topological polar surface area (TPSA) is 58.2 Å². The Labute approximate surface area is 276 Å². The molecule has 0 spiro atoms. The van der Waals surface area contributed by atoms with Crippen LogP contribution in [0.3, 0.4) is 0 Å². The molecule has 2 atom stereocenters. The summed E-state index contributed by atoms with van der Waals surface area (Å²) in [5.41, 5.74) is 0. The molecule has 1 rings (SSSR count). The molecule has 0 bridgehead atoms.